The van der Waals surface area contributed by atoms with Gasteiger partial charge in [-0.05, 0) is 50.8 Å². The minimum atomic E-state index is 0.624. The Kier molecular flexibility index (Phi) is 4.24. The number of hydrogen-bond donors (Lipinski definition) is 0. The summed E-state index contributed by atoms with van der Waals surface area (Å²) in [6.45, 7) is 1.60. The quantitative estimate of drug-likeness (QED) is 0.466. The summed E-state index contributed by atoms with van der Waals surface area (Å²) < 4.78 is 12.2. The van der Waals surface area contributed by atoms with Crippen molar-refractivity contribution in [3.63, 3.8) is 0 Å². The maximum atomic E-state index is 6.16. The summed E-state index contributed by atoms with van der Waals surface area (Å²) in [5.74, 6) is 0.756. The third kappa shape index (κ3) is 3.03. The molecule has 0 bridgehead atoms. The van der Waals surface area contributed by atoms with Crippen molar-refractivity contribution in [2.24, 2.45) is 0 Å². The number of hydrogen-bond acceptors (Lipinski definition) is 4. The first kappa shape index (κ1) is 16.2. The molecule has 0 N–H and O–H groups in total. The van der Waals surface area contributed by atoms with E-state index in [1.54, 1.807) is 0 Å². The molecule has 0 aliphatic heterocycles. The fraction of sp³-hybridized carbons (Fsp3) is 0.250. The lowest BCUT2D eigenvalue weighted by atomic mass is 10.1. The molecule has 0 aliphatic carbocycles. The van der Waals surface area contributed by atoms with Gasteiger partial charge in [0.05, 0.1) is 12.1 Å². The summed E-state index contributed by atoms with van der Waals surface area (Å²) in [6.07, 6.45) is 0.942. The van der Waals surface area contributed by atoms with Crippen LogP contribution in [0.25, 0.3) is 33.0 Å². The van der Waals surface area contributed by atoms with E-state index in [0.29, 0.717) is 17.2 Å². The third-order valence-electron chi connectivity index (χ3n) is 4.21. The van der Waals surface area contributed by atoms with Gasteiger partial charge in [0, 0.05) is 22.3 Å². The van der Waals surface area contributed by atoms with E-state index in [2.05, 4.69) is 19.0 Å². The van der Waals surface area contributed by atoms with E-state index in [0.717, 1.165) is 46.1 Å². The second kappa shape index (κ2) is 6.54. The molecule has 25 heavy (non-hydrogen) atoms. The summed E-state index contributed by atoms with van der Waals surface area (Å²) >= 11 is 6.16. The van der Waals surface area contributed by atoms with Crippen LogP contribution in [0, 0.1) is 0 Å². The van der Waals surface area contributed by atoms with Gasteiger partial charge in [-0.1, -0.05) is 23.7 Å². The number of furan rings is 1. The predicted molar refractivity (Wildman–Crippen MR) is 103 cm³/mol. The molecule has 0 fully saturated rings. The van der Waals surface area contributed by atoms with Crippen molar-refractivity contribution in [3.05, 3.63) is 47.5 Å². The highest BCUT2D eigenvalue weighted by Crippen LogP contribution is 2.39. The van der Waals surface area contributed by atoms with E-state index < -0.39 is 0 Å². The lowest BCUT2D eigenvalue weighted by Gasteiger charge is -2.12. The molecule has 2 aromatic carbocycles. The van der Waals surface area contributed by atoms with E-state index >= 15 is 0 Å². The summed E-state index contributed by atoms with van der Waals surface area (Å²) in [7, 11) is 4.12. The van der Waals surface area contributed by atoms with Gasteiger partial charge >= 0.3 is 0 Å². The van der Waals surface area contributed by atoms with Crippen LogP contribution < -0.4 is 4.74 Å². The molecule has 128 valence electrons. The second-order valence-corrected chi connectivity index (χ2v) is 6.82. The van der Waals surface area contributed by atoms with Gasteiger partial charge in [-0.3, -0.25) is 0 Å². The minimum absolute atomic E-state index is 0.624. The zero-order chi connectivity index (χ0) is 17.4. The Morgan fingerprint density at radius 1 is 1.12 bits per heavy atom. The van der Waals surface area contributed by atoms with E-state index in [-0.39, 0.29) is 0 Å². The van der Waals surface area contributed by atoms with Gasteiger partial charge < -0.3 is 14.1 Å². The van der Waals surface area contributed by atoms with Crippen molar-refractivity contribution in [2.75, 3.05) is 27.2 Å². The summed E-state index contributed by atoms with van der Waals surface area (Å²) in [5, 5.41) is 2.54. The Morgan fingerprint density at radius 2 is 1.96 bits per heavy atom. The monoisotopic (exact) mass is 354 g/mol. The SMILES string of the molecule is CN(C)CCCOc1c2ccccc2nc2c1oc1ccc(Cl)cc12. The second-order valence-electron chi connectivity index (χ2n) is 6.38. The molecule has 0 atom stereocenters. The standard InChI is InChI=1S/C20H19ClN2O2/c1-23(2)10-5-11-24-19-14-6-3-4-7-16(14)22-18-15-12-13(21)8-9-17(15)25-20(18)19/h3-4,6-9,12H,5,10-11H2,1-2H3. The summed E-state index contributed by atoms with van der Waals surface area (Å²) in [4.78, 5) is 6.93. The van der Waals surface area contributed by atoms with Crippen molar-refractivity contribution >= 4 is 44.6 Å². The van der Waals surface area contributed by atoms with E-state index in [4.69, 9.17) is 25.7 Å². The molecule has 5 heteroatoms. The molecule has 0 spiro atoms. The fourth-order valence-corrected chi connectivity index (χ4v) is 3.20. The van der Waals surface area contributed by atoms with Gasteiger partial charge in [0.25, 0.3) is 0 Å². The molecule has 0 amide bonds. The molecule has 2 heterocycles. The van der Waals surface area contributed by atoms with Gasteiger partial charge in [-0.15, -0.1) is 0 Å². The first-order valence-electron chi connectivity index (χ1n) is 8.31. The highest BCUT2D eigenvalue weighted by molar-refractivity contribution is 6.31. The van der Waals surface area contributed by atoms with Crippen LogP contribution in [0.15, 0.2) is 46.9 Å². The number of ether oxygens (including phenoxy) is 1. The first-order valence-corrected chi connectivity index (χ1v) is 8.69. The van der Waals surface area contributed by atoms with Gasteiger partial charge in [0.1, 0.15) is 11.1 Å². The number of pyridine rings is 1. The average Bonchev–Trinajstić information content (AvgIpc) is 2.95. The maximum Gasteiger partial charge on any atom is 0.196 e. The van der Waals surface area contributed by atoms with Crippen LogP contribution in [-0.2, 0) is 0 Å². The normalized spacial score (nSPS) is 11.8. The largest absolute Gasteiger partial charge is 0.489 e. The smallest absolute Gasteiger partial charge is 0.196 e. The van der Waals surface area contributed by atoms with Crippen molar-refractivity contribution in [2.45, 2.75) is 6.42 Å². The molecule has 0 saturated heterocycles. The van der Waals surface area contributed by atoms with E-state index in [1.165, 1.54) is 0 Å². The Hall–Kier alpha value is -2.30. The summed E-state index contributed by atoms with van der Waals surface area (Å²) in [6, 6.07) is 13.6. The number of halogens is 1. The highest BCUT2D eigenvalue weighted by Gasteiger charge is 2.17. The zero-order valence-electron chi connectivity index (χ0n) is 14.3. The molecular weight excluding hydrogens is 336 g/mol. The molecule has 0 saturated carbocycles. The topological polar surface area (TPSA) is 38.5 Å². The van der Waals surface area contributed by atoms with Gasteiger partial charge in [0.15, 0.2) is 11.3 Å². The van der Waals surface area contributed by atoms with E-state index in [1.807, 2.05) is 42.5 Å². The van der Waals surface area contributed by atoms with Crippen LogP contribution in [-0.4, -0.2) is 37.1 Å². The van der Waals surface area contributed by atoms with Crippen molar-refractivity contribution < 1.29 is 9.15 Å². The number of benzene rings is 2. The molecule has 0 radical (unpaired) electrons. The average molecular weight is 355 g/mol. The van der Waals surface area contributed by atoms with Crippen molar-refractivity contribution in [1.29, 1.82) is 0 Å². The van der Waals surface area contributed by atoms with Crippen molar-refractivity contribution in [1.82, 2.24) is 9.88 Å². The lowest BCUT2D eigenvalue weighted by molar-refractivity contribution is 0.284. The van der Waals surface area contributed by atoms with Crippen LogP contribution in [0.4, 0.5) is 0 Å². The van der Waals surface area contributed by atoms with Crippen molar-refractivity contribution in [3.8, 4) is 5.75 Å². The molecular formula is C20H19ClN2O2. The first-order chi connectivity index (χ1) is 12.1. The number of fused-ring (bicyclic) bond motifs is 4. The van der Waals surface area contributed by atoms with Gasteiger partial charge in [-0.25, -0.2) is 4.98 Å². The maximum absolute atomic E-state index is 6.16. The minimum Gasteiger partial charge on any atom is -0.489 e. The van der Waals surface area contributed by atoms with Crippen LogP contribution >= 0.6 is 11.6 Å². The lowest BCUT2D eigenvalue weighted by Crippen LogP contribution is -2.15. The van der Waals surface area contributed by atoms with Gasteiger partial charge in [-0.2, -0.15) is 0 Å². The molecule has 0 unspecified atom stereocenters. The zero-order valence-corrected chi connectivity index (χ0v) is 15.0. The number of aromatic nitrogens is 1. The van der Waals surface area contributed by atoms with Crippen LogP contribution in [0.3, 0.4) is 0 Å². The van der Waals surface area contributed by atoms with Crippen LogP contribution in [0.2, 0.25) is 5.02 Å². The molecule has 0 aliphatic rings. The Balaban J connectivity index is 1.88. The highest BCUT2D eigenvalue weighted by atomic mass is 35.5. The molecule has 4 nitrogen and oxygen atoms in total. The fourth-order valence-electron chi connectivity index (χ4n) is 3.03. The number of nitrogens with zero attached hydrogens (tertiary/aromatic N) is 2. The van der Waals surface area contributed by atoms with Crippen LogP contribution in [0.5, 0.6) is 5.75 Å². The van der Waals surface area contributed by atoms with E-state index in [9.17, 15) is 0 Å². The summed E-state index contributed by atoms with van der Waals surface area (Å²) in [5.41, 5.74) is 3.13. The Morgan fingerprint density at radius 3 is 2.80 bits per heavy atom. The molecule has 4 rings (SSSR count). The Labute approximate surface area is 150 Å². The predicted octanol–water partition coefficient (Wildman–Crippen LogP) is 5.12. The molecule has 4 aromatic rings. The van der Waals surface area contributed by atoms with Gasteiger partial charge in [0.2, 0.25) is 0 Å². The Bertz CT molecular complexity index is 1060. The van der Waals surface area contributed by atoms with Crippen LogP contribution in [0.1, 0.15) is 6.42 Å². The third-order valence-corrected chi connectivity index (χ3v) is 4.44. The number of para-hydroxylation sites is 1. The molecule has 2 aromatic heterocycles. The number of rotatable bonds is 5.